The van der Waals surface area contributed by atoms with Crippen LogP contribution in [0.3, 0.4) is 0 Å². The van der Waals surface area contributed by atoms with Gasteiger partial charge < -0.3 is 10.2 Å². The summed E-state index contributed by atoms with van der Waals surface area (Å²) in [5.74, 6) is 0.971. The summed E-state index contributed by atoms with van der Waals surface area (Å²) < 4.78 is 0. The molecule has 0 saturated carbocycles. The van der Waals surface area contributed by atoms with Gasteiger partial charge in [-0.3, -0.25) is 5.10 Å². The van der Waals surface area contributed by atoms with E-state index < -0.39 is 0 Å². The van der Waals surface area contributed by atoms with Gasteiger partial charge in [-0.15, -0.1) is 11.3 Å². The molecule has 5 nitrogen and oxygen atoms in total. The van der Waals surface area contributed by atoms with E-state index in [0.717, 1.165) is 24.6 Å². The number of aromatic nitrogens is 3. The van der Waals surface area contributed by atoms with Crippen molar-refractivity contribution >= 4 is 17.2 Å². The van der Waals surface area contributed by atoms with Crippen LogP contribution in [-0.4, -0.2) is 29.3 Å². The predicted molar refractivity (Wildman–Crippen MR) is 91.0 cm³/mol. The molecule has 0 unspecified atom stereocenters. The van der Waals surface area contributed by atoms with Crippen LogP contribution >= 0.6 is 11.3 Å². The number of thiophene rings is 1. The first kappa shape index (κ1) is 14.7. The van der Waals surface area contributed by atoms with E-state index >= 15 is 0 Å². The molecule has 0 fully saturated rings. The largest absolute Gasteiger partial charge is 0.363 e. The second kappa shape index (κ2) is 6.72. The molecular formula is C16H19N5S. The maximum Gasteiger partial charge on any atom is 0.127 e. The van der Waals surface area contributed by atoms with E-state index in [1.54, 1.807) is 11.3 Å². The molecule has 6 heteroatoms. The van der Waals surface area contributed by atoms with Crippen molar-refractivity contribution in [2.45, 2.75) is 13.1 Å². The molecule has 0 aliphatic rings. The van der Waals surface area contributed by atoms with Gasteiger partial charge in [-0.05, 0) is 23.1 Å². The zero-order valence-corrected chi connectivity index (χ0v) is 13.5. The van der Waals surface area contributed by atoms with Crippen molar-refractivity contribution in [1.29, 1.82) is 0 Å². The topological polar surface area (TPSA) is 56.8 Å². The molecule has 0 aromatic carbocycles. The van der Waals surface area contributed by atoms with E-state index in [9.17, 15) is 0 Å². The molecule has 3 aromatic rings. The second-order valence-corrected chi connectivity index (χ2v) is 6.22. The number of nitrogens with one attached hydrogen (secondary N) is 2. The van der Waals surface area contributed by atoms with Crippen molar-refractivity contribution in [3.63, 3.8) is 0 Å². The third-order valence-electron chi connectivity index (χ3n) is 3.40. The van der Waals surface area contributed by atoms with Crippen LogP contribution in [0.1, 0.15) is 11.1 Å². The summed E-state index contributed by atoms with van der Waals surface area (Å²) in [6, 6.07) is 8.29. The van der Waals surface area contributed by atoms with Gasteiger partial charge in [0, 0.05) is 38.9 Å². The standard InChI is InChI=1S/C16H19N5S/c1-21(2)15-6-5-12(9-18-15)8-17-10-13-11-19-20-16(13)14-4-3-7-22-14/h3-7,9,11,17H,8,10H2,1-2H3,(H,19,20). The van der Waals surface area contributed by atoms with Gasteiger partial charge in [0.15, 0.2) is 0 Å². The molecule has 2 N–H and O–H groups in total. The lowest BCUT2D eigenvalue weighted by Gasteiger charge is -2.11. The van der Waals surface area contributed by atoms with E-state index in [1.165, 1.54) is 16.0 Å². The summed E-state index contributed by atoms with van der Waals surface area (Å²) in [5.41, 5.74) is 3.45. The lowest BCUT2D eigenvalue weighted by Crippen LogP contribution is -2.14. The number of hydrogen-bond donors (Lipinski definition) is 2. The smallest absolute Gasteiger partial charge is 0.127 e. The molecular weight excluding hydrogens is 294 g/mol. The molecule has 0 aliphatic carbocycles. The summed E-state index contributed by atoms with van der Waals surface area (Å²) >= 11 is 1.72. The van der Waals surface area contributed by atoms with Crippen molar-refractivity contribution < 1.29 is 0 Å². The minimum atomic E-state index is 0.777. The average molecular weight is 313 g/mol. The SMILES string of the molecule is CN(C)c1ccc(CNCc2cn[nH]c2-c2cccs2)cn1. The first-order valence-electron chi connectivity index (χ1n) is 7.13. The van der Waals surface area contributed by atoms with Crippen molar-refractivity contribution in [2.24, 2.45) is 0 Å². The Hall–Kier alpha value is -2.18. The van der Waals surface area contributed by atoms with Crippen molar-refractivity contribution in [3.8, 4) is 10.6 Å². The summed E-state index contributed by atoms with van der Waals surface area (Å²) in [4.78, 5) is 7.63. The fourth-order valence-corrected chi connectivity index (χ4v) is 2.96. The highest BCUT2D eigenvalue weighted by Gasteiger charge is 2.08. The Bertz CT molecular complexity index is 700. The van der Waals surface area contributed by atoms with Crippen molar-refractivity contribution in [2.75, 3.05) is 19.0 Å². The van der Waals surface area contributed by atoms with E-state index in [2.05, 4.69) is 44.1 Å². The summed E-state index contributed by atoms with van der Waals surface area (Å²) in [6.07, 6.45) is 3.80. The van der Waals surface area contributed by atoms with E-state index in [-0.39, 0.29) is 0 Å². The normalized spacial score (nSPS) is 10.8. The molecule has 0 bridgehead atoms. The van der Waals surface area contributed by atoms with Gasteiger partial charge >= 0.3 is 0 Å². The minimum Gasteiger partial charge on any atom is -0.363 e. The molecule has 0 radical (unpaired) electrons. The molecule has 0 spiro atoms. The van der Waals surface area contributed by atoms with Crippen LogP contribution in [0.4, 0.5) is 5.82 Å². The molecule has 3 rings (SSSR count). The van der Waals surface area contributed by atoms with Crippen molar-refractivity contribution in [3.05, 3.63) is 53.2 Å². The summed E-state index contributed by atoms with van der Waals surface area (Å²) in [5, 5.41) is 12.8. The molecule has 22 heavy (non-hydrogen) atoms. The lowest BCUT2D eigenvalue weighted by atomic mass is 10.2. The van der Waals surface area contributed by atoms with Gasteiger partial charge in [0.05, 0.1) is 16.8 Å². The van der Waals surface area contributed by atoms with Crippen LogP contribution in [0.25, 0.3) is 10.6 Å². The van der Waals surface area contributed by atoms with Crippen LogP contribution in [0, 0.1) is 0 Å². The highest BCUT2D eigenvalue weighted by Crippen LogP contribution is 2.25. The fraction of sp³-hybridized carbons (Fsp3) is 0.250. The molecule has 0 amide bonds. The van der Waals surface area contributed by atoms with Crippen LogP contribution in [-0.2, 0) is 13.1 Å². The van der Waals surface area contributed by atoms with Crippen LogP contribution < -0.4 is 10.2 Å². The molecule has 3 heterocycles. The summed E-state index contributed by atoms with van der Waals surface area (Å²) in [7, 11) is 3.98. The van der Waals surface area contributed by atoms with Crippen LogP contribution in [0.5, 0.6) is 0 Å². The first-order valence-corrected chi connectivity index (χ1v) is 8.01. The maximum absolute atomic E-state index is 4.42. The highest BCUT2D eigenvalue weighted by molar-refractivity contribution is 7.13. The fourth-order valence-electron chi connectivity index (χ4n) is 2.21. The van der Waals surface area contributed by atoms with Crippen LogP contribution in [0.2, 0.25) is 0 Å². The van der Waals surface area contributed by atoms with Gasteiger partial charge in [0.1, 0.15) is 5.82 Å². The van der Waals surface area contributed by atoms with Crippen molar-refractivity contribution in [1.82, 2.24) is 20.5 Å². The van der Waals surface area contributed by atoms with Gasteiger partial charge in [0.25, 0.3) is 0 Å². The maximum atomic E-state index is 4.42. The quantitative estimate of drug-likeness (QED) is 0.735. The summed E-state index contributed by atoms with van der Waals surface area (Å²) in [6.45, 7) is 1.56. The number of H-pyrrole nitrogens is 1. The monoisotopic (exact) mass is 313 g/mol. The number of hydrogen-bond acceptors (Lipinski definition) is 5. The molecule has 0 aliphatic heterocycles. The zero-order chi connectivity index (χ0) is 15.4. The Morgan fingerprint density at radius 1 is 1.18 bits per heavy atom. The second-order valence-electron chi connectivity index (χ2n) is 5.27. The van der Waals surface area contributed by atoms with Gasteiger partial charge in [-0.2, -0.15) is 5.10 Å². The number of anilines is 1. The Morgan fingerprint density at radius 2 is 2.09 bits per heavy atom. The van der Waals surface area contributed by atoms with E-state index in [0.29, 0.717) is 0 Å². The molecule has 0 saturated heterocycles. The Morgan fingerprint density at radius 3 is 2.77 bits per heavy atom. The third-order valence-corrected chi connectivity index (χ3v) is 4.28. The first-order chi connectivity index (χ1) is 10.7. The number of pyridine rings is 1. The number of aromatic amines is 1. The van der Waals surface area contributed by atoms with Gasteiger partial charge in [-0.25, -0.2) is 4.98 Å². The average Bonchev–Trinajstić information content (AvgIpc) is 3.18. The molecule has 0 atom stereocenters. The van der Waals surface area contributed by atoms with Crippen LogP contribution in [0.15, 0.2) is 42.0 Å². The Kier molecular flexibility index (Phi) is 4.50. The third kappa shape index (κ3) is 3.35. The molecule has 114 valence electrons. The highest BCUT2D eigenvalue weighted by atomic mass is 32.1. The van der Waals surface area contributed by atoms with Gasteiger partial charge in [-0.1, -0.05) is 12.1 Å². The number of rotatable bonds is 6. The Balaban J connectivity index is 1.59. The number of nitrogens with zero attached hydrogens (tertiary/aromatic N) is 3. The lowest BCUT2D eigenvalue weighted by molar-refractivity contribution is 0.692. The predicted octanol–water partition coefficient (Wildman–Crippen LogP) is 2.89. The van der Waals surface area contributed by atoms with E-state index in [1.807, 2.05) is 37.5 Å². The van der Waals surface area contributed by atoms with Gasteiger partial charge in [0.2, 0.25) is 0 Å². The minimum absolute atomic E-state index is 0.777. The van der Waals surface area contributed by atoms with E-state index in [4.69, 9.17) is 0 Å². The Labute approximate surface area is 134 Å². The zero-order valence-electron chi connectivity index (χ0n) is 12.7. The molecule has 3 aromatic heterocycles.